The van der Waals surface area contributed by atoms with Gasteiger partial charge in [0.1, 0.15) is 0 Å². The number of aromatic nitrogens is 2. The van der Waals surface area contributed by atoms with Crippen molar-refractivity contribution in [1.82, 2.24) is 9.55 Å². The molecule has 0 unspecified atom stereocenters. The molecule has 1 heterocycles. The SMILES string of the molecule is Oc1nccn1CC=Cc1ccccc1. The highest BCUT2D eigenvalue weighted by atomic mass is 16.3. The van der Waals surface area contributed by atoms with Gasteiger partial charge in [-0.2, -0.15) is 0 Å². The molecule has 1 aromatic heterocycles. The molecular formula is C12H12N2O. The minimum absolute atomic E-state index is 0.0488. The maximum absolute atomic E-state index is 9.27. The van der Waals surface area contributed by atoms with E-state index in [2.05, 4.69) is 4.98 Å². The van der Waals surface area contributed by atoms with Gasteiger partial charge >= 0.3 is 0 Å². The van der Waals surface area contributed by atoms with E-state index in [0.29, 0.717) is 6.54 Å². The number of benzene rings is 1. The Morgan fingerprint density at radius 1 is 1.27 bits per heavy atom. The molecule has 0 saturated carbocycles. The Labute approximate surface area is 88.3 Å². The summed E-state index contributed by atoms with van der Waals surface area (Å²) in [5.74, 6) is 0. The van der Waals surface area contributed by atoms with Crippen LogP contribution in [0.3, 0.4) is 0 Å². The maximum atomic E-state index is 9.27. The van der Waals surface area contributed by atoms with E-state index < -0.39 is 0 Å². The van der Waals surface area contributed by atoms with E-state index in [1.807, 2.05) is 42.5 Å². The van der Waals surface area contributed by atoms with Gasteiger partial charge in [0.25, 0.3) is 6.01 Å². The van der Waals surface area contributed by atoms with E-state index in [1.165, 1.54) is 0 Å². The molecule has 0 bridgehead atoms. The summed E-state index contributed by atoms with van der Waals surface area (Å²) in [4.78, 5) is 3.73. The van der Waals surface area contributed by atoms with Crippen molar-refractivity contribution >= 4 is 6.08 Å². The van der Waals surface area contributed by atoms with Crippen molar-refractivity contribution in [2.24, 2.45) is 0 Å². The van der Waals surface area contributed by atoms with Gasteiger partial charge in [0, 0.05) is 18.9 Å². The second-order valence-corrected chi connectivity index (χ2v) is 3.19. The summed E-state index contributed by atoms with van der Waals surface area (Å²) < 4.78 is 1.67. The second kappa shape index (κ2) is 4.46. The van der Waals surface area contributed by atoms with Crippen molar-refractivity contribution in [3.8, 4) is 6.01 Å². The first-order valence-electron chi connectivity index (χ1n) is 4.78. The van der Waals surface area contributed by atoms with E-state index in [1.54, 1.807) is 17.0 Å². The monoisotopic (exact) mass is 200 g/mol. The average molecular weight is 200 g/mol. The van der Waals surface area contributed by atoms with Crippen LogP contribution in [0.2, 0.25) is 0 Å². The van der Waals surface area contributed by atoms with Crippen molar-refractivity contribution < 1.29 is 5.11 Å². The average Bonchev–Trinajstić information content (AvgIpc) is 2.66. The zero-order chi connectivity index (χ0) is 10.5. The number of hydrogen-bond acceptors (Lipinski definition) is 2. The van der Waals surface area contributed by atoms with Crippen LogP contribution in [0.4, 0.5) is 0 Å². The van der Waals surface area contributed by atoms with Crippen LogP contribution in [-0.4, -0.2) is 14.7 Å². The zero-order valence-corrected chi connectivity index (χ0v) is 8.24. The van der Waals surface area contributed by atoms with Crippen LogP contribution >= 0.6 is 0 Å². The van der Waals surface area contributed by atoms with Crippen LogP contribution in [0.5, 0.6) is 6.01 Å². The van der Waals surface area contributed by atoms with Crippen molar-refractivity contribution in [3.05, 3.63) is 54.4 Å². The normalized spacial score (nSPS) is 10.9. The largest absolute Gasteiger partial charge is 0.480 e. The van der Waals surface area contributed by atoms with Gasteiger partial charge in [0.15, 0.2) is 0 Å². The van der Waals surface area contributed by atoms with Gasteiger partial charge in [-0.1, -0.05) is 42.5 Å². The highest BCUT2D eigenvalue weighted by Gasteiger charge is 1.94. The number of hydrogen-bond donors (Lipinski definition) is 1. The van der Waals surface area contributed by atoms with Crippen LogP contribution in [0.1, 0.15) is 5.56 Å². The van der Waals surface area contributed by atoms with Crippen LogP contribution in [0, 0.1) is 0 Å². The van der Waals surface area contributed by atoms with Crippen molar-refractivity contribution in [1.29, 1.82) is 0 Å². The summed E-state index contributed by atoms with van der Waals surface area (Å²) in [5.41, 5.74) is 1.15. The van der Waals surface area contributed by atoms with Gasteiger partial charge in [-0.05, 0) is 5.56 Å². The molecule has 0 saturated heterocycles. The first-order valence-corrected chi connectivity index (χ1v) is 4.78. The highest BCUT2D eigenvalue weighted by molar-refractivity contribution is 5.48. The summed E-state index contributed by atoms with van der Waals surface area (Å²) in [6.45, 7) is 0.626. The van der Waals surface area contributed by atoms with E-state index in [4.69, 9.17) is 0 Å². The van der Waals surface area contributed by atoms with Crippen LogP contribution < -0.4 is 0 Å². The Morgan fingerprint density at radius 2 is 2.07 bits per heavy atom. The van der Waals surface area contributed by atoms with E-state index in [0.717, 1.165) is 5.56 Å². The molecule has 15 heavy (non-hydrogen) atoms. The summed E-state index contributed by atoms with van der Waals surface area (Å²) in [7, 11) is 0. The minimum Gasteiger partial charge on any atom is -0.480 e. The third kappa shape index (κ3) is 2.47. The Balaban J connectivity index is 2.00. The fourth-order valence-electron chi connectivity index (χ4n) is 1.33. The second-order valence-electron chi connectivity index (χ2n) is 3.19. The summed E-state index contributed by atoms with van der Waals surface area (Å²) in [6.07, 6.45) is 7.31. The van der Waals surface area contributed by atoms with E-state index in [-0.39, 0.29) is 6.01 Å². The lowest BCUT2D eigenvalue weighted by Crippen LogP contribution is -1.91. The fourth-order valence-corrected chi connectivity index (χ4v) is 1.33. The summed E-state index contributed by atoms with van der Waals surface area (Å²) in [6, 6.07) is 10.1. The molecule has 3 heteroatoms. The van der Waals surface area contributed by atoms with Crippen LogP contribution in [0.15, 0.2) is 48.8 Å². The molecule has 0 fully saturated rings. The molecule has 0 radical (unpaired) electrons. The van der Waals surface area contributed by atoms with Crippen molar-refractivity contribution in [2.75, 3.05) is 0 Å². The Kier molecular flexibility index (Phi) is 2.83. The Hall–Kier alpha value is -2.03. The summed E-state index contributed by atoms with van der Waals surface area (Å²) in [5, 5.41) is 9.27. The van der Waals surface area contributed by atoms with Gasteiger partial charge < -0.3 is 5.11 Å². The fraction of sp³-hybridized carbons (Fsp3) is 0.0833. The van der Waals surface area contributed by atoms with Crippen LogP contribution in [-0.2, 0) is 6.54 Å². The Morgan fingerprint density at radius 3 is 2.73 bits per heavy atom. The predicted octanol–water partition coefficient (Wildman–Crippen LogP) is 2.30. The van der Waals surface area contributed by atoms with Crippen molar-refractivity contribution in [2.45, 2.75) is 6.54 Å². The lowest BCUT2D eigenvalue weighted by molar-refractivity contribution is 0.406. The topological polar surface area (TPSA) is 38.1 Å². The maximum Gasteiger partial charge on any atom is 0.293 e. The predicted molar refractivity (Wildman–Crippen MR) is 59.4 cm³/mol. The number of allylic oxidation sites excluding steroid dienone is 1. The van der Waals surface area contributed by atoms with Gasteiger partial charge in [-0.15, -0.1) is 0 Å². The quantitative estimate of drug-likeness (QED) is 0.825. The molecule has 76 valence electrons. The standard InChI is InChI=1S/C12H12N2O/c15-12-13-8-10-14(12)9-4-7-11-5-2-1-3-6-11/h1-8,10H,9H2,(H,13,15). The Bertz CT molecular complexity index is 446. The molecule has 0 amide bonds. The molecule has 0 aliphatic carbocycles. The molecular weight excluding hydrogens is 188 g/mol. The van der Waals surface area contributed by atoms with E-state index in [9.17, 15) is 5.11 Å². The molecule has 2 aromatic rings. The number of aromatic hydroxyl groups is 1. The van der Waals surface area contributed by atoms with E-state index >= 15 is 0 Å². The molecule has 3 nitrogen and oxygen atoms in total. The molecule has 0 spiro atoms. The minimum atomic E-state index is 0.0488. The smallest absolute Gasteiger partial charge is 0.293 e. The first kappa shape index (κ1) is 9.52. The molecule has 1 N–H and O–H groups in total. The number of rotatable bonds is 3. The highest BCUT2D eigenvalue weighted by Crippen LogP contribution is 2.06. The molecule has 0 aliphatic rings. The lowest BCUT2D eigenvalue weighted by atomic mass is 10.2. The third-order valence-corrected chi connectivity index (χ3v) is 2.11. The summed E-state index contributed by atoms with van der Waals surface area (Å²) >= 11 is 0. The molecule has 0 atom stereocenters. The van der Waals surface area contributed by atoms with Gasteiger partial charge in [0.2, 0.25) is 0 Å². The molecule has 0 aliphatic heterocycles. The van der Waals surface area contributed by atoms with Gasteiger partial charge in [-0.3, -0.25) is 4.57 Å². The molecule has 2 rings (SSSR count). The molecule has 1 aromatic carbocycles. The van der Waals surface area contributed by atoms with Crippen molar-refractivity contribution in [3.63, 3.8) is 0 Å². The lowest BCUT2D eigenvalue weighted by Gasteiger charge is -1.97. The first-order chi connectivity index (χ1) is 7.36. The third-order valence-electron chi connectivity index (χ3n) is 2.11. The number of imidazole rings is 1. The van der Waals surface area contributed by atoms with Gasteiger partial charge in [0.05, 0.1) is 0 Å². The van der Waals surface area contributed by atoms with Gasteiger partial charge in [-0.25, -0.2) is 4.98 Å². The zero-order valence-electron chi connectivity index (χ0n) is 8.24. The van der Waals surface area contributed by atoms with Crippen LogP contribution in [0.25, 0.3) is 6.08 Å². The number of nitrogens with zero attached hydrogens (tertiary/aromatic N) is 2.